The van der Waals surface area contributed by atoms with Crippen LogP contribution in [0.3, 0.4) is 0 Å². The molecule has 0 bridgehead atoms. The van der Waals surface area contributed by atoms with Crippen LogP contribution in [0, 0.1) is 11.3 Å². The summed E-state index contributed by atoms with van der Waals surface area (Å²) in [5, 5.41) is 13.2. The van der Waals surface area contributed by atoms with Crippen molar-refractivity contribution in [2.75, 3.05) is 25.2 Å². The van der Waals surface area contributed by atoms with Gasteiger partial charge in [-0.05, 0) is 12.7 Å². The number of thioether (sulfide) groups is 1. The third-order valence-electron chi connectivity index (χ3n) is 1.84. The topological polar surface area (TPSA) is 91.2 Å². The molecule has 0 radical (unpaired) electrons. The number of amides is 2. The normalized spacial score (nSPS) is 10.9. The minimum absolute atomic E-state index is 0.0864. The molecular weight excluding hydrogens is 254 g/mol. The van der Waals surface area contributed by atoms with Gasteiger partial charge in [-0.1, -0.05) is 6.08 Å². The van der Waals surface area contributed by atoms with Crippen LogP contribution in [-0.4, -0.2) is 43.2 Å². The summed E-state index contributed by atoms with van der Waals surface area (Å²) in [6, 6.07) is 1.09. The molecule has 0 aliphatic heterocycles. The van der Waals surface area contributed by atoms with Crippen molar-refractivity contribution in [1.29, 1.82) is 5.26 Å². The van der Waals surface area contributed by atoms with Gasteiger partial charge in [0.2, 0.25) is 5.91 Å². The number of nitrogens with one attached hydrogen (secondary N) is 2. The zero-order valence-corrected chi connectivity index (χ0v) is 11.1. The average molecular weight is 271 g/mol. The van der Waals surface area contributed by atoms with Gasteiger partial charge in [0, 0.05) is 5.75 Å². The summed E-state index contributed by atoms with van der Waals surface area (Å²) in [7, 11) is 0. The van der Waals surface area contributed by atoms with Crippen molar-refractivity contribution in [3.8, 4) is 6.07 Å². The number of hydrogen-bond donors (Lipinski definition) is 2. The SMILES string of the molecule is C=CCCOC(=O)NC(CSC)C(=O)NCC#N. The van der Waals surface area contributed by atoms with E-state index in [1.54, 1.807) is 12.1 Å². The Balaban J connectivity index is 4.16. The van der Waals surface area contributed by atoms with E-state index in [4.69, 9.17) is 10.00 Å². The summed E-state index contributed by atoms with van der Waals surface area (Å²) in [6.45, 7) is 3.64. The molecule has 1 atom stereocenters. The van der Waals surface area contributed by atoms with E-state index in [-0.39, 0.29) is 13.2 Å². The lowest BCUT2D eigenvalue weighted by Crippen LogP contribution is -2.48. The molecule has 0 aromatic rings. The molecule has 0 aliphatic rings. The van der Waals surface area contributed by atoms with Crippen molar-refractivity contribution in [2.45, 2.75) is 12.5 Å². The van der Waals surface area contributed by atoms with Crippen molar-refractivity contribution >= 4 is 23.8 Å². The zero-order valence-electron chi connectivity index (χ0n) is 10.3. The van der Waals surface area contributed by atoms with Crippen molar-refractivity contribution in [3.63, 3.8) is 0 Å². The molecule has 0 heterocycles. The fourth-order valence-electron chi connectivity index (χ4n) is 1.02. The molecule has 2 N–H and O–H groups in total. The van der Waals surface area contributed by atoms with E-state index in [0.29, 0.717) is 12.2 Å². The largest absolute Gasteiger partial charge is 0.449 e. The number of alkyl carbamates (subject to hydrolysis) is 1. The third kappa shape index (κ3) is 7.57. The summed E-state index contributed by atoms with van der Waals surface area (Å²) in [5.41, 5.74) is 0. The van der Waals surface area contributed by atoms with E-state index in [9.17, 15) is 9.59 Å². The Morgan fingerprint density at radius 2 is 2.33 bits per heavy atom. The Bertz CT molecular complexity index is 328. The maximum absolute atomic E-state index is 11.6. The van der Waals surface area contributed by atoms with Crippen LogP contribution < -0.4 is 10.6 Å². The first-order chi connectivity index (χ1) is 8.65. The van der Waals surface area contributed by atoms with Crippen LogP contribution >= 0.6 is 11.8 Å². The van der Waals surface area contributed by atoms with Crippen molar-refractivity contribution in [1.82, 2.24) is 10.6 Å². The van der Waals surface area contributed by atoms with Gasteiger partial charge in [0.05, 0.1) is 12.7 Å². The maximum Gasteiger partial charge on any atom is 0.407 e. The van der Waals surface area contributed by atoms with Crippen LogP contribution in [0.4, 0.5) is 4.79 Å². The smallest absolute Gasteiger partial charge is 0.407 e. The molecule has 0 aliphatic carbocycles. The van der Waals surface area contributed by atoms with E-state index in [2.05, 4.69) is 17.2 Å². The van der Waals surface area contributed by atoms with E-state index in [1.807, 2.05) is 6.26 Å². The zero-order chi connectivity index (χ0) is 13.8. The first-order valence-corrected chi connectivity index (χ1v) is 6.72. The van der Waals surface area contributed by atoms with E-state index < -0.39 is 18.0 Å². The molecule has 0 fully saturated rings. The Labute approximate surface area is 111 Å². The van der Waals surface area contributed by atoms with E-state index >= 15 is 0 Å². The average Bonchev–Trinajstić information content (AvgIpc) is 2.35. The molecule has 0 aromatic heterocycles. The molecular formula is C11H17N3O3S. The molecule has 100 valence electrons. The molecule has 0 rings (SSSR count). The van der Waals surface area contributed by atoms with Crippen LogP contribution in [0.15, 0.2) is 12.7 Å². The Kier molecular flexibility index (Phi) is 9.50. The monoisotopic (exact) mass is 271 g/mol. The molecule has 1 unspecified atom stereocenters. The highest BCUT2D eigenvalue weighted by molar-refractivity contribution is 7.98. The molecule has 2 amide bonds. The van der Waals surface area contributed by atoms with Gasteiger partial charge < -0.3 is 15.4 Å². The number of hydrogen-bond acceptors (Lipinski definition) is 5. The molecule has 7 heteroatoms. The number of ether oxygens (including phenoxy) is 1. The molecule has 0 saturated heterocycles. The predicted molar refractivity (Wildman–Crippen MR) is 70.1 cm³/mol. The number of nitrogens with zero attached hydrogens (tertiary/aromatic N) is 1. The fourth-order valence-corrected chi connectivity index (χ4v) is 1.59. The van der Waals surface area contributed by atoms with Crippen molar-refractivity contribution < 1.29 is 14.3 Å². The minimum Gasteiger partial charge on any atom is -0.449 e. The number of carbonyl (C=O) groups excluding carboxylic acids is 2. The molecule has 0 aromatic carbocycles. The second-order valence-electron chi connectivity index (χ2n) is 3.24. The maximum atomic E-state index is 11.6. The highest BCUT2D eigenvalue weighted by Gasteiger charge is 2.20. The number of rotatable bonds is 8. The van der Waals surface area contributed by atoms with Crippen molar-refractivity contribution in [2.24, 2.45) is 0 Å². The summed E-state index contributed by atoms with van der Waals surface area (Å²) in [6.07, 6.45) is 3.35. The van der Waals surface area contributed by atoms with E-state index in [0.717, 1.165) is 0 Å². The van der Waals surface area contributed by atoms with Crippen molar-refractivity contribution in [3.05, 3.63) is 12.7 Å². The predicted octanol–water partition coefficient (Wildman–Crippen LogP) is 0.660. The molecule has 6 nitrogen and oxygen atoms in total. The van der Waals surface area contributed by atoms with Gasteiger partial charge in [-0.15, -0.1) is 6.58 Å². The summed E-state index contributed by atoms with van der Waals surface area (Å²) in [4.78, 5) is 23.0. The Morgan fingerprint density at radius 3 is 2.89 bits per heavy atom. The second kappa shape index (κ2) is 10.5. The highest BCUT2D eigenvalue weighted by Crippen LogP contribution is 1.98. The quantitative estimate of drug-likeness (QED) is 0.384. The highest BCUT2D eigenvalue weighted by atomic mass is 32.2. The third-order valence-corrected chi connectivity index (χ3v) is 2.51. The lowest BCUT2D eigenvalue weighted by molar-refractivity contribution is -0.122. The second-order valence-corrected chi connectivity index (χ2v) is 4.15. The van der Waals surface area contributed by atoms with E-state index in [1.165, 1.54) is 11.8 Å². The first kappa shape index (κ1) is 16.3. The fraction of sp³-hybridized carbons (Fsp3) is 0.545. The minimum atomic E-state index is -0.704. The molecule has 0 spiro atoms. The Morgan fingerprint density at radius 1 is 1.61 bits per heavy atom. The molecule has 0 saturated carbocycles. The van der Waals surface area contributed by atoms with Gasteiger partial charge >= 0.3 is 6.09 Å². The van der Waals surface area contributed by atoms with Crippen LogP contribution in [0.25, 0.3) is 0 Å². The van der Waals surface area contributed by atoms with Crippen LogP contribution in [0.5, 0.6) is 0 Å². The standard InChI is InChI=1S/C11H17N3O3S/c1-3-4-7-17-11(16)14-9(8-18-2)10(15)13-6-5-12/h3,9H,1,4,6-8H2,2H3,(H,13,15)(H,14,16). The van der Waals surface area contributed by atoms with Gasteiger partial charge in [0.1, 0.15) is 12.6 Å². The van der Waals surface area contributed by atoms with Gasteiger partial charge in [-0.3, -0.25) is 4.79 Å². The van der Waals surface area contributed by atoms with Crippen LogP contribution in [-0.2, 0) is 9.53 Å². The number of carbonyl (C=O) groups is 2. The van der Waals surface area contributed by atoms with Gasteiger partial charge in [0.15, 0.2) is 0 Å². The lowest BCUT2D eigenvalue weighted by Gasteiger charge is -2.16. The molecule has 18 heavy (non-hydrogen) atoms. The van der Waals surface area contributed by atoms with Gasteiger partial charge in [-0.2, -0.15) is 17.0 Å². The summed E-state index contributed by atoms with van der Waals surface area (Å²) < 4.78 is 4.84. The summed E-state index contributed by atoms with van der Waals surface area (Å²) in [5.74, 6) is 0.0138. The number of nitriles is 1. The Hall–Kier alpha value is -1.68. The van der Waals surface area contributed by atoms with Gasteiger partial charge in [-0.25, -0.2) is 4.79 Å². The summed E-state index contributed by atoms with van der Waals surface area (Å²) >= 11 is 1.41. The lowest BCUT2D eigenvalue weighted by atomic mass is 10.3. The van der Waals surface area contributed by atoms with Crippen LogP contribution in [0.2, 0.25) is 0 Å². The van der Waals surface area contributed by atoms with Crippen LogP contribution in [0.1, 0.15) is 6.42 Å². The van der Waals surface area contributed by atoms with Gasteiger partial charge in [0.25, 0.3) is 0 Å². The first-order valence-electron chi connectivity index (χ1n) is 5.33.